The highest BCUT2D eigenvalue weighted by atomic mass is 16.1. The second-order valence-corrected chi connectivity index (χ2v) is 23.6. The molecule has 2 heterocycles. The fourth-order valence-corrected chi connectivity index (χ4v) is 13.7. The molecule has 0 radical (unpaired) electrons. The van der Waals surface area contributed by atoms with Crippen molar-refractivity contribution in [1.29, 1.82) is 0 Å². The molecule has 2 bridgehead atoms. The van der Waals surface area contributed by atoms with Gasteiger partial charge in [-0.25, -0.2) is 0 Å². The maximum atomic E-state index is 14.6. The Morgan fingerprint density at radius 1 is 0.800 bits per heavy atom. The molecule has 2 aliphatic carbocycles. The van der Waals surface area contributed by atoms with Gasteiger partial charge in [-0.1, -0.05) is 187 Å². The normalized spacial score (nSPS) is 40.5. The van der Waals surface area contributed by atoms with Gasteiger partial charge in [0, 0.05) is 30.6 Å². The Hall–Kier alpha value is -2.61. The van der Waals surface area contributed by atoms with Crippen molar-refractivity contribution in [3.63, 3.8) is 0 Å². The lowest BCUT2D eigenvalue weighted by Gasteiger charge is -2.49. The third-order valence-corrected chi connectivity index (χ3v) is 19.1. The molecule has 15 unspecified atom stereocenters. The largest absolute Gasteiger partial charge is 0.365 e. The Morgan fingerprint density at radius 2 is 1.52 bits per heavy atom. The van der Waals surface area contributed by atoms with E-state index in [0.717, 1.165) is 55.7 Å². The van der Waals surface area contributed by atoms with Crippen molar-refractivity contribution < 1.29 is 4.79 Å². The smallest absolute Gasteiger partial charge is 0.139 e. The number of ketones is 1. The lowest BCUT2D eigenvalue weighted by atomic mass is 9.59. The van der Waals surface area contributed by atoms with Crippen LogP contribution < -0.4 is 0 Å². The summed E-state index contributed by atoms with van der Waals surface area (Å²) in [6, 6.07) is 0.247. The molecule has 2 heteroatoms. The van der Waals surface area contributed by atoms with Gasteiger partial charge in [0.1, 0.15) is 5.78 Å². The first-order valence-electron chi connectivity index (χ1n) is 27.5. The van der Waals surface area contributed by atoms with Crippen LogP contribution in [0, 0.1) is 82.3 Å². The van der Waals surface area contributed by atoms with E-state index in [9.17, 15) is 4.79 Å². The highest BCUT2D eigenvalue weighted by Gasteiger charge is 2.43. The Kier molecular flexibility index (Phi) is 21.7. The molecule has 0 spiro atoms. The second kappa shape index (κ2) is 25.7. The lowest BCUT2D eigenvalue weighted by molar-refractivity contribution is -0.122. The molecule has 0 aromatic rings. The molecule has 2 aliphatic heterocycles. The van der Waals surface area contributed by atoms with Gasteiger partial charge in [0.2, 0.25) is 0 Å². The number of Topliss-reactive ketones (excluding diaryl/α,β-unsaturated/α-hetero) is 1. The first-order chi connectivity index (χ1) is 30.7. The average Bonchev–Trinajstić information content (AvgIpc) is 3.28. The summed E-state index contributed by atoms with van der Waals surface area (Å²) < 4.78 is 0. The third kappa shape index (κ3) is 14.7. The van der Waals surface area contributed by atoms with E-state index < -0.39 is 0 Å². The van der Waals surface area contributed by atoms with Gasteiger partial charge < -0.3 is 4.90 Å². The topological polar surface area (TPSA) is 20.3 Å². The molecule has 2 saturated carbocycles. The summed E-state index contributed by atoms with van der Waals surface area (Å²) in [5, 5.41) is 0. The summed E-state index contributed by atoms with van der Waals surface area (Å²) >= 11 is 0. The Labute approximate surface area is 404 Å². The monoisotopic (exact) mass is 890 g/mol. The number of hydrogen-bond donors (Lipinski definition) is 0. The van der Waals surface area contributed by atoms with Crippen LogP contribution >= 0.6 is 0 Å². The zero-order valence-electron chi connectivity index (χ0n) is 45.0. The van der Waals surface area contributed by atoms with E-state index in [1.54, 1.807) is 0 Å². The number of fused-ring (bicyclic) bond motifs is 3. The molecule has 4 rings (SSSR count). The van der Waals surface area contributed by atoms with Crippen LogP contribution in [0.15, 0.2) is 96.3 Å². The highest BCUT2D eigenvalue weighted by Crippen LogP contribution is 2.53. The van der Waals surface area contributed by atoms with Crippen LogP contribution in [0.3, 0.4) is 0 Å². The zero-order chi connectivity index (χ0) is 48.2. The standard InChI is InChI=1S/C63H103NO/c1-18-57-38-55(31-29-44(57)6)36-47(9)59-37-48(10)61-28-24-25-33-64(61)54(16)53(15)63(17)41-56(32-30-50(63)12)39-58(19-2)43(5)27-23-21-22-26-42(4)34-45(7)51(13)60(20-3)52(14)46(8)35-49(11)62(65)40-59/h21-23,26-27,35,42,44-45,47,49-50,52,55-61H,10,13,15-16,18-20,24-25,28-34,36-41H2,1-9,11-12,14,17H3/b23-21+,26-22+,43-27+,46-35+. The van der Waals surface area contributed by atoms with Crippen molar-refractivity contribution in [2.75, 3.05) is 6.54 Å². The molecule has 1 saturated heterocycles. The minimum absolute atomic E-state index is 0.0136. The summed E-state index contributed by atoms with van der Waals surface area (Å²) in [5.74, 6) is 6.92. The van der Waals surface area contributed by atoms with Crippen molar-refractivity contribution in [1.82, 2.24) is 4.90 Å². The maximum Gasteiger partial charge on any atom is 0.139 e. The van der Waals surface area contributed by atoms with Gasteiger partial charge in [0.05, 0.1) is 0 Å². The molecule has 0 amide bonds. The van der Waals surface area contributed by atoms with Crippen LogP contribution in [0.2, 0.25) is 0 Å². The van der Waals surface area contributed by atoms with Gasteiger partial charge in [-0.15, -0.1) is 0 Å². The average molecular weight is 891 g/mol. The minimum Gasteiger partial charge on any atom is -0.365 e. The van der Waals surface area contributed by atoms with Crippen LogP contribution in [0.4, 0.5) is 0 Å². The van der Waals surface area contributed by atoms with Crippen molar-refractivity contribution >= 4 is 5.78 Å². The first-order valence-corrected chi connectivity index (χ1v) is 27.5. The summed E-state index contributed by atoms with van der Waals surface area (Å²) in [4.78, 5) is 17.2. The molecule has 65 heavy (non-hydrogen) atoms. The van der Waals surface area contributed by atoms with Crippen LogP contribution in [-0.2, 0) is 4.79 Å². The quantitative estimate of drug-likeness (QED) is 0.248. The van der Waals surface area contributed by atoms with E-state index in [-0.39, 0.29) is 23.3 Å². The van der Waals surface area contributed by atoms with Crippen LogP contribution in [0.1, 0.15) is 199 Å². The molecule has 3 fully saturated rings. The highest BCUT2D eigenvalue weighted by molar-refractivity contribution is 5.82. The van der Waals surface area contributed by atoms with Crippen molar-refractivity contribution in [3.8, 4) is 0 Å². The van der Waals surface area contributed by atoms with E-state index >= 15 is 0 Å². The number of piperidine rings is 1. The van der Waals surface area contributed by atoms with E-state index in [1.165, 1.54) is 105 Å². The van der Waals surface area contributed by atoms with E-state index in [2.05, 4.69) is 131 Å². The summed E-state index contributed by atoms with van der Waals surface area (Å²) in [6.45, 7) is 51.5. The number of allylic oxidation sites excluding steroid dienone is 10. The number of nitrogens with zero attached hydrogens (tertiary/aromatic N) is 1. The maximum absolute atomic E-state index is 14.6. The van der Waals surface area contributed by atoms with Crippen molar-refractivity contribution in [3.05, 3.63) is 96.3 Å². The van der Waals surface area contributed by atoms with Gasteiger partial charge in [-0.05, 0) is 173 Å². The predicted molar refractivity (Wildman–Crippen MR) is 287 cm³/mol. The van der Waals surface area contributed by atoms with Crippen molar-refractivity contribution in [2.24, 2.45) is 82.3 Å². The Bertz CT molecular complexity index is 1720. The molecule has 15 atom stereocenters. The van der Waals surface area contributed by atoms with Gasteiger partial charge in [-0.2, -0.15) is 0 Å². The van der Waals surface area contributed by atoms with Crippen LogP contribution in [0.5, 0.6) is 0 Å². The molecular weight excluding hydrogens is 787 g/mol. The number of hydrogen-bond acceptors (Lipinski definition) is 2. The third-order valence-electron chi connectivity index (χ3n) is 19.1. The molecule has 366 valence electrons. The molecule has 0 N–H and O–H groups in total. The molecule has 0 aromatic carbocycles. The first kappa shape index (κ1) is 55.0. The SMILES string of the molecule is C=C1C(C)CC(C)/C=C/C=C/C=C(\C)C(CC)CC2CCC(C)C(C)(C2)C(=C)C(=C)N2CCCCC2C(=C)CC(C(C)CC2CCC(C)C(CC)C2)CC(=O)C(C)/C=C(\C)C(C)C1CC. The number of rotatable bonds is 6. The minimum atomic E-state index is -0.111. The molecule has 2 nitrogen and oxygen atoms in total. The van der Waals surface area contributed by atoms with Crippen LogP contribution in [-0.4, -0.2) is 23.3 Å². The Morgan fingerprint density at radius 3 is 2.20 bits per heavy atom. The molecule has 0 aromatic heterocycles. The van der Waals surface area contributed by atoms with Gasteiger partial charge >= 0.3 is 0 Å². The fourth-order valence-electron chi connectivity index (χ4n) is 13.7. The van der Waals surface area contributed by atoms with Crippen molar-refractivity contribution in [2.45, 2.75) is 205 Å². The molecular formula is C63H103NO. The van der Waals surface area contributed by atoms with Crippen LogP contribution in [0.25, 0.3) is 0 Å². The second-order valence-electron chi connectivity index (χ2n) is 23.6. The van der Waals surface area contributed by atoms with Gasteiger partial charge in [-0.3, -0.25) is 4.79 Å². The van der Waals surface area contributed by atoms with Gasteiger partial charge in [0.15, 0.2) is 0 Å². The van der Waals surface area contributed by atoms with Gasteiger partial charge in [0.25, 0.3) is 0 Å². The summed E-state index contributed by atoms with van der Waals surface area (Å²) in [7, 11) is 0. The van der Waals surface area contributed by atoms with E-state index in [4.69, 9.17) is 26.3 Å². The lowest BCUT2D eigenvalue weighted by Crippen LogP contribution is -2.44. The fraction of sp³-hybridized carbons (Fsp3) is 0.730. The summed E-state index contributed by atoms with van der Waals surface area (Å²) in [5.41, 5.74) is 7.94. The predicted octanol–water partition coefficient (Wildman–Crippen LogP) is 18.3. The zero-order valence-corrected chi connectivity index (χ0v) is 45.0. The summed E-state index contributed by atoms with van der Waals surface area (Å²) in [6.07, 6.45) is 33.7. The van der Waals surface area contributed by atoms with E-state index in [1.807, 2.05) is 0 Å². The number of carbonyl (C=O) groups excluding carboxylic acids is 1. The molecule has 4 aliphatic rings. The van der Waals surface area contributed by atoms with E-state index in [0.29, 0.717) is 59.5 Å². The number of carbonyl (C=O) groups is 1. The Balaban J connectivity index is 1.70.